The van der Waals surface area contributed by atoms with Crippen molar-refractivity contribution < 1.29 is 9.90 Å². The van der Waals surface area contributed by atoms with Crippen molar-refractivity contribution in [2.45, 2.75) is 38.0 Å². The number of nitrogens with one attached hydrogen (secondary N) is 1. The number of hydrogen-bond donors (Lipinski definition) is 2. The van der Waals surface area contributed by atoms with Gasteiger partial charge in [-0.3, -0.25) is 9.48 Å². The lowest BCUT2D eigenvalue weighted by Crippen LogP contribution is -2.49. The zero-order valence-corrected chi connectivity index (χ0v) is 14.6. The first-order valence-electron chi connectivity index (χ1n) is 8.24. The number of benzene rings is 1. The molecule has 5 nitrogen and oxygen atoms in total. The summed E-state index contributed by atoms with van der Waals surface area (Å²) in [6.45, 7) is 2.62. The van der Waals surface area contributed by atoms with Gasteiger partial charge in [0.2, 0.25) is 0 Å². The molecular formula is C18H23N3O2S. The van der Waals surface area contributed by atoms with E-state index in [0.717, 1.165) is 17.1 Å². The van der Waals surface area contributed by atoms with E-state index < -0.39 is 5.60 Å². The van der Waals surface area contributed by atoms with E-state index in [4.69, 9.17) is 0 Å². The zero-order chi connectivity index (χ0) is 17.0. The van der Waals surface area contributed by atoms with Crippen LogP contribution in [0.25, 0.3) is 0 Å². The number of hydrogen-bond acceptors (Lipinski definition) is 4. The first-order chi connectivity index (χ1) is 11.6. The number of nitrogens with zero attached hydrogens (tertiary/aromatic N) is 2. The van der Waals surface area contributed by atoms with Gasteiger partial charge in [-0.05, 0) is 36.8 Å². The summed E-state index contributed by atoms with van der Waals surface area (Å²) in [5.74, 6) is 1.38. The predicted molar refractivity (Wildman–Crippen MR) is 95.8 cm³/mol. The molecule has 1 aromatic heterocycles. The van der Waals surface area contributed by atoms with Crippen LogP contribution in [0, 0.1) is 0 Å². The van der Waals surface area contributed by atoms with Crippen molar-refractivity contribution in [2.24, 2.45) is 0 Å². The number of aromatic nitrogens is 2. The molecule has 0 spiro atoms. The van der Waals surface area contributed by atoms with Gasteiger partial charge in [0.25, 0.3) is 5.91 Å². The average Bonchev–Trinajstić information content (AvgIpc) is 3.05. The summed E-state index contributed by atoms with van der Waals surface area (Å²) in [7, 11) is 0. The van der Waals surface area contributed by atoms with E-state index in [1.807, 2.05) is 36.0 Å². The Morgan fingerprint density at radius 1 is 1.38 bits per heavy atom. The molecule has 1 aliphatic heterocycles. The van der Waals surface area contributed by atoms with Crippen molar-refractivity contribution in [1.82, 2.24) is 15.1 Å². The summed E-state index contributed by atoms with van der Waals surface area (Å²) in [6, 6.07) is 9.94. The van der Waals surface area contributed by atoms with E-state index in [9.17, 15) is 9.90 Å². The van der Waals surface area contributed by atoms with Crippen LogP contribution < -0.4 is 5.32 Å². The number of rotatable bonds is 5. The Hall–Kier alpha value is -1.79. The van der Waals surface area contributed by atoms with Gasteiger partial charge in [-0.2, -0.15) is 16.9 Å². The molecule has 2 N–H and O–H groups in total. The van der Waals surface area contributed by atoms with Gasteiger partial charge < -0.3 is 10.4 Å². The molecule has 24 heavy (non-hydrogen) atoms. The Labute approximate surface area is 146 Å². The SMILES string of the molecule is CC(NC(=O)C1(O)CCSCC1)c1cnn(Cc2ccccc2)c1. The molecule has 3 rings (SSSR count). The van der Waals surface area contributed by atoms with Crippen molar-refractivity contribution in [3.8, 4) is 0 Å². The standard InChI is InChI=1S/C18H23N3O2S/c1-14(20-17(22)18(23)7-9-24-10-8-18)16-11-19-21(13-16)12-15-5-3-2-4-6-15/h2-6,11,13-14,23H,7-10,12H2,1H3,(H,20,22). The molecule has 2 heterocycles. The Bertz CT molecular complexity index is 681. The van der Waals surface area contributed by atoms with Crippen LogP contribution in [0.5, 0.6) is 0 Å². The minimum atomic E-state index is -1.22. The van der Waals surface area contributed by atoms with Gasteiger partial charge in [-0.1, -0.05) is 30.3 Å². The minimum absolute atomic E-state index is 0.180. The molecule has 0 aliphatic carbocycles. The molecule has 0 saturated carbocycles. The number of aliphatic hydroxyl groups is 1. The van der Waals surface area contributed by atoms with Gasteiger partial charge in [0.15, 0.2) is 0 Å². The maximum Gasteiger partial charge on any atom is 0.252 e. The predicted octanol–water partition coefficient (Wildman–Crippen LogP) is 2.37. The number of thioether (sulfide) groups is 1. The molecule has 1 atom stereocenters. The number of carbonyl (C=O) groups excluding carboxylic acids is 1. The fourth-order valence-electron chi connectivity index (χ4n) is 2.81. The molecule has 1 aliphatic rings. The second-order valence-electron chi connectivity index (χ2n) is 6.30. The summed E-state index contributed by atoms with van der Waals surface area (Å²) >= 11 is 1.78. The molecule has 1 amide bonds. The van der Waals surface area contributed by atoms with E-state index in [0.29, 0.717) is 19.4 Å². The molecule has 1 fully saturated rings. The Kier molecular flexibility index (Phi) is 5.26. The van der Waals surface area contributed by atoms with E-state index in [1.54, 1.807) is 18.0 Å². The van der Waals surface area contributed by atoms with Gasteiger partial charge in [0.1, 0.15) is 5.60 Å². The summed E-state index contributed by atoms with van der Waals surface area (Å²) in [5.41, 5.74) is 0.894. The number of carbonyl (C=O) groups is 1. The van der Waals surface area contributed by atoms with Gasteiger partial charge in [-0.15, -0.1) is 0 Å². The van der Waals surface area contributed by atoms with Crippen molar-refractivity contribution in [2.75, 3.05) is 11.5 Å². The second-order valence-corrected chi connectivity index (χ2v) is 7.52. The summed E-state index contributed by atoms with van der Waals surface area (Å²) < 4.78 is 1.86. The highest BCUT2D eigenvalue weighted by Gasteiger charge is 2.37. The van der Waals surface area contributed by atoms with Crippen LogP contribution in [0.2, 0.25) is 0 Å². The fourth-order valence-corrected chi connectivity index (χ4v) is 3.98. The average molecular weight is 345 g/mol. The van der Waals surface area contributed by atoms with E-state index in [2.05, 4.69) is 22.5 Å². The van der Waals surface area contributed by atoms with Crippen LogP contribution in [-0.2, 0) is 11.3 Å². The topological polar surface area (TPSA) is 67.2 Å². The molecular weight excluding hydrogens is 322 g/mol. The van der Waals surface area contributed by atoms with Crippen molar-refractivity contribution >= 4 is 17.7 Å². The smallest absolute Gasteiger partial charge is 0.252 e. The second kappa shape index (κ2) is 7.40. The minimum Gasteiger partial charge on any atom is -0.380 e. The normalized spacial score (nSPS) is 18.1. The Balaban J connectivity index is 1.61. The van der Waals surface area contributed by atoms with Gasteiger partial charge in [0.05, 0.1) is 18.8 Å². The molecule has 2 aromatic rings. The Morgan fingerprint density at radius 2 is 2.08 bits per heavy atom. The van der Waals surface area contributed by atoms with E-state index in [1.165, 1.54) is 5.56 Å². The zero-order valence-electron chi connectivity index (χ0n) is 13.8. The third-order valence-electron chi connectivity index (χ3n) is 4.43. The maximum absolute atomic E-state index is 12.4. The summed E-state index contributed by atoms with van der Waals surface area (Å²) in [6.07, 6.45) is 4.75. The first kappa shape index (κ1) is 17.0. The first-order valence-corrected chi connectivity index (χ1v) is 9.40. The van der Waals surface area contributed by atoms with Crippen LogP contribution in [0.3, 0.4) is 0 Å². The quantitative estimate of drug-likeness (QED) is 0.873. The monoisotopic (exact) mass is 345 g/mol. The molecule has 1 aromatic carbocycles. The number of amides is 1. The third-order valence-corrected chi connectivity index (χ3v) is 5.42. The van der Waals surface area contributed by atoms with Crippen molar-refractivity contribution in [3.05, 3.63) is 53.9 Å². The molecule has 1 unspecified atom stereocenters. The molecule has 0 radical (unpaired) electrons. The lowest BCUT2D eigenvalue weighted by Gasteiger charge is -2.31. The van der Waals surface area contributed by atoms with Gasteiger partial charge in [0, 0.05) is 11.8 Å². The summed E-state index contributed by atoms with van der Waals surface area (Å²) in [4.78, 5) is 12.4. The van der Waals surface area contributed by atoms with Crippen LogP contribution in [0.15, 0.2) is 42.7 Å². The highest BCUT2D eigenvalue weighted by atomic mass is 32.2. The van der Waals surface area contributed by atoms with Crippen molar-refractivity contribution in [3.63, 3.8) is 0 Å². The highest BCUT2D eigenvalue weighted by molar-refractivity contribution is 7.99. The molecule has 1 saturated heterocycles. The van der Waals surface area contributed by atoms with Crippen molar-refractivity contribution in [1.29, 1.82) is 0 Å². The van der Waals surface area contributed by atoms with Gasteiger partial charge >= 0.3 is 0 Å². The van der Waals surface area contributed by atoms with Crippen LogP contribution in [0.1, 0.15) is 36.9 Å². The van der Waals surface area contributed by atoms with Crippen LogP contribution in [-0.4, -0.2) is 37.9 Å². The summed E-state index contributed by atoms with van der Waals surface area (Å²) in [5, 5.41) is 17.8. The molecule has 6 heteroatoms. The fraction of sp³-hybridized carbons (Fsp3) is 0.444. The highest BCUT2D eigenvalue weighted by Crippen LogP contribution is 2.28. The third kappa shape index (κ3) is 3.99. The maximum atomic E-state index is 12.4. The molecule has 0 bridgehead atoms. The largest absolute Gasteiger partial charge is 0.380 e. The van der Waals surface area contributed by atoms with Crippen LogP contribution >= 0.6 is 11.8 Å². The van der Waals surface area contributed by atoms with E-state index in [-0.39, 0.29) is 11.9 Å². The van der Waals surface area contributed by atoms with E-state index >= 15 is 0 Å². The van der Waals surface area contributed by atoms with Gasteiger partial charge in [-0.25, -0.2) is 0 Å². The van der Waals surface area contributed by atoms with Crippen LogP contribution in [0.4, 0.5) is 0 Å². The lowest BCUT2D eigenvalue weighted by atomic mass is 9.95. The molecule has 128 valence electrons. The lowest BCUT2D eigenvalue weighted by molar-refractivity contribution is -0.141. The Morgan fingerprint density at radius 3 is 2.79 bits per heavy atom.